The second-order valence-electron chi connectivity index (χ2n) is 4.47. The van der Waals surface area contributed by atoms with E-state index in [-0.39, 0.29) is 11.9 Å². The highest BCUT2D eigenvalue weighted by Gasteiger charge is 2.20. The van der Waals surface area contributed by atoms with Crippen LogP contribution in [0.2, 0.25) is 0 Å². The normalized spacial score (nSPS) is 20.0. The number of nitrogens with one attached hydrogen (secondary N) is 3. The van der Waals surface area contributed by atoms with E-state index < -0.39 is 0 Å². The minimum atomic E-state index is -0.136. The number of rotatable bonds is 2. The third-order valence-corrected chi connectivity index (χ3v) is 3.09. The van der Waals surface area contributed by atoms with Crippen molar-refractivity contribution in [1.82, 2.24) is 10.6 Å². The molecule has 1 aliphatic heterocycles. The molecule has 0 spiro atoms. The fourth-order valence-electron chi connectivity index (χ4n) is 2.06. The summed E-state index contributed by atoms with van der Waals surface area (Å²) in [4.78, 5) is 12.1. The number of hydrogen-bond donors (Lipinski definition) is 3. The van der Waals surface area contributed by atoms with Gasteiger partial charge < -0.3 is 16.0 Å². The van der Waals surface area contributed by atoms with Gasteiger partial charge in [0.1, 0.15) is 0 Å². The Hall–Kier alpha value is -1.39. The predicted molar refractivity (Wildman–Crippen MR) is 69.2 cm³/mol. The number of para-hydroxylation sites is 1. The quantitative estimate of drug-likeness (QED) is 0.708. The fraction of sp³-hybridized carbons (Fsp3) is 0.462. The van der Waals surface area contributed by atoms with E-state index in [1.165, 1.54) is 0 Å². The molecule has 1 heterocycles. The molecule has 0 radical (unpaired) electrons. The van der Waals surface area contributed by atoms with E-state index in [4.69, 9.17) is 0 Å². The minimum Gasteiger partial charge on any atom is -0.324 e. The third kappa shape index (κ3) is 2.84. The molecule has 17 heavy (non-hydrogen) atoms. The highest BCUT2D eigenvalue weighted by atomic mass is 16.2. The van der Waals surface area contributed by atoms with Crippen LogP contribution in [0.3, 0.4) is 0 Å². The maximum atomic E-state index is 12.1. The Labute approximate surface area is 102 Å². The first kappa shape index (κ1) is 12.1. The summed E-state index contributed by atoms with van der Waals surface area (Å²) in [6, 6.07) is 5.88. The Morgan fingerprint density at radius 3 is 2.59 bits per heavy atom. The lowest BCUT2D eigenvalue weighted by Gasteiger charge is -2.24. The summed E-state index contributed by atoms with van der Waals surface area (Å²) in [5.74, 6) is 0.0367. The van der Waals surface area contributed by atoms with Crippen molar-refractivity contribution >= 4 is 11.6 Å². The lowest BCUT2D eigenvalue weighted by molar-refractivity contribution is -0.118. The van der Waals surface area contributed by atoms with Crippen LogP contribution in [0, 0.1) is 13.8 Å². The number of benzene rings is 1. The Morgan fingerprint density at radius 2 is 2.00 bits per heavy atom. The first-order chi connectivity index (χ1) is 8.18. The van der Waals surface area contributed by atoms with Crippen LogP contribution in [0.25, 0.3) is 0 Å². The largest absolute Gasteiger partial charge is 0.324 e. The van der Waals surface area contributed by atoms with Gasteiger partial charge in [-0.2, -0.15) is 0 Å². The molecule has 1 aromatic rings. The number of aryl methyl sites for hydroxylation is 2. The molecular formula is C13H19N3O. The van der Waals surface area contributed by atoms with Gasteiger partial charge in [-0.3, -0.25) is 4.79 Å². The van der Waals surface area contributed by atoms with Crippen LogP contribution < -0.4 is 16.0 Å². The zero-order valence-electron chi connectivity index (χ0n) is 10.3. The van der Waals surface area contributed by atoms with Crippen molar-refractivity contribution in [3.05, 3.63) is 29.3 Å². The predicted octanol–water partition coefficient (Wildman–Crippen LogP) is 0.803. The van der Waals surface area contributed by atoms with Gasteiger partial charge in [-0.05, 0) is 25.0 Å². The molecule has 0 bridgehead atoms. The molecule has 4 heteroatoms. The Kier molecular flexibility index (Phi) is 3.76. The number of hydrogen-bond acceptors (Lipinski definition) is 3. The van der Waals surface area contributed by atoms with Crippen molar-refractivity contribution < 1.29 is 4.79 Å². The molecule has 0 aliphatic carbocycles. The van der Waals surface area contributed by atoms with E-state index in [9.17, 15) is 4.79 Å². The summed E-state index contributed by atoms with van der Waals surface area (Å²) in [5.41, 5.74) is 3.13. The molecule has 0 saturated carbocycles. The van der Waals surface area contributed by atoms with Gasteiger partial charge in [-0.25, -0.2) is 0 Å². The van der Waals surface area contributed by atoms with Gasteiger partial charge in [-0.1, -0.05) is 18.2 Å². The van der Waals surface area contributed by atoms with Crippen molar-refractivity contribution in [2.75, 3.05) is 25.0 Å². The Bertz CT molecular complexity index is 391. The van der Waals surface area contributed by atoms with Crippen molar-refractivity contribution in [3.63, 3.8) is 0 Å². The van der Waals surface area contributed by atoms with E-state index in [0.717, 1.165) is 29.9 Å². The standard InChI is InChI=1S/C13H19N3O/c1-9-4-3-5-10(2)12(9)16-13(17)11-8-14-6-7-15-11/h3-5,11,14-15H,6-8H2,1-2H3,(H,16,17). The number of carbonyl (C=O) groups excluding carboxylic acids is 1. The summed E-state index contributed by atoms with van der Waals surface area (Å²) in [7, 11) is 0. The Balaban J connectivity index is 2.07. The number of anilines is 1. The molecular weight excluding hydrogens is 214 g/mol. The van der Waals surface area contributed by atoms with Gasteiger partial charge in [0, 0.05) is 25.3 Å². The lowest BCUT2D eigenvalue weighted by atomic mass is 10.1. The molecule has 0 aromatic heterocycles. The van der Waals surface area contributed by atoms with Crippen molar-refractivity contribution in [2.24, 2.45) is 0 Å². The minimum absolute atomic E-state index is 0.0367. The van der Waals surface area contributed by atoms with Gasteiger partial charge in [0.15, 0.2) is 0 Å². The zero-order chi connectivity index (χ0) is 12.3. The second kappa shape index (κ2) is 5.29. The van der Waals surface area contributed by atoms with E-state index in [2.05, 4.69) is 16.0 Å². The monoisotopic (exact) mass is 233 g/mol. The SMILES string of the molecule is Cc1cccc(C)c1NC(=O)C1CNCCN1. The number of piperazine rings is 1. The average molecular weight is 233 g/mol. The molecule has 4 nitrogen and oxygen atoms in total. The molecule has 1 amide bonds. The van der Waals surface area contributed by atoms with Gasteiger partial charge in [-0.15, -0.1) is 0 Å². The summed E-state index contributed by atoms with van der Waals surface area (Å²) in [6.07, 6.45) is 0. The molecule has 2 rings (SSSR count). The summed E-state index contributed by atoms with van der Waals surface area (Å²) in [5, 5.41) is 9.42. The van der Waals surface area contributed by atoms with Crippen LogP contribution in [0.1, 0.15) is 11.1 Å². The molecule has 1 unspecified atom stereocenters. The maximum absolute atomic E-state index is 12.1. The molecule has 1 aliphatic rings. The van der Waals surface area contributed by atoms with Crippen LogP contribution in [-0.4, -0.2) is 31.6 Å². The summed E-state index contributed by atoms with van der Waals surface area (Å²) >= 11 is 0. The lowest BCUT2D eigenvalue weighted by Crippen LogP contribution is -2.54. The molecule has 1 aromatic carbocycles. The van der Waals surface area contributed by atoms with Crippen molar-refractivity contribution in [3.8, 4) is 0 Å². The topological polar surface area (TPSA) is 53.2 Å². The molecule has 1 saturated heterocycles. The van der Waals surface area contributed by atoms with Crippen molar-refractivity contribution in [1.29, 1.82) is 0 Å². The summed E-state index contributed by atoms with van der Waals surface area (Å²) < 4.78 is 0. The second-order valence-corrected chi connectivity index (χ2v) is 4.47. The molecule has 1 atom stereocenters. The molecule has 92 valence electrons. The van der Waals surface area contributed by atoms with Gasteiger partial charge in [0.05, 0.1) is 6.04 Å². The van der Waals surface area contributed by atoms with E-state index in [0.29, 0.717) is 6.54 Å². The highest BCUT2D eigenvalue weighted by Crippen LogP contribution is 2.19. The Morgan fingerprint density at radius 1 is 1.29 bits per heavy atom. The average Bonchev–Trinajstić information content (AvgIpc) is 2.35. The van der Waals surface area contributed by atoms with Gasteiger partial charge in [0.2, 0.25) is 5.91 Å². The van der Waals surface area contributed by atoms with Gasteiger partial charge >= 0.3 is 0 Å². The maximum Gasteiger partial charge on any atom is 0.242 e. The van der Waals surface area contributed by atoms with E-state index >= 15 is 0 Å². The fourth-order valence-corrected chi connectivity index (χ4v) is 2.06. The summed E-state index contributed by atoms with van der Waals surface area (Å²) in [6.45, 7) is 6.47. The zero-order valence-corrected chi connectivity index (χ0v) is 10.3. The van der Waals surface area contributed by atoms with Gasteiger partial charge in [0.25, 0.3) is 0 Å². The van der Waals surface area contributed by atoms with Crippen LogP contribution >= 0.6 is 0 Å². The molecule has 1 fully saturated rings. The smallest absolute Gasteiger partial charge is 0.242 e. The van der Waals surface area contributed by atoms with Crippen LogP contribution in [0.4, 0.5) is 5.69 Å². The van der Waals surface area contributed by atoms with Crippen LogP contribution in [-0.2, 0) is 4.79 Å². The first-order valence-corrected chi connectivity index (χ1v) is 5.99. The number of amides is 1. The van der Waals surface area contributed by atoms with E-state index in [1.54, 1.807) is 0 Å². The third-order valence-electron chi connectivity index (χ3n) is 3.09. The highest BCUT2D eigenvalue weighted by molar-refractivity contribution is 5.96. The number of carbonyl (C=O) groups is 1. The van der Waals surface area contributed by atoms with E-state index in [1.807, 2.05) is 32.0 Å². The first-order valence-electron chi connectivity index (χ1n) is 5.99. The van der Waals surface area contributed by atoms with Crippen molar-refractivity contribution in [2.45, 2.75) is 19.9 Å². The van der Waals surface area contributed by atoms with Crippen LogP contribution in [0.15, 0.2) is 18.2 Å². The van der Waals surface area contributed by atoms with Crippen LogP contribution in [0.5, 0.6) is 0 Å². The molecule has 3 N–H and O–H groups in total.